The van der Waals surface area contributed by atoms with E-state index in [1.54, 1.807) is 25.1 Å². The van der Waals surface area contributed by atoms with Crippen LogP contribution in [0.1, 0.15) is 49.4 Å². The minimum atomic E-state index is -0.141. The number of carbonyl (C=O) groups is 1. The van der Waals surface area contributed by atoms with Gasteiger partial charge in [-0.2, -0.15) is 0 Å². The molecule has 0 unspecified atom stereocenters. The average Bonchev–Trinajstić information content (AvgIpc) is 3.05. The van der Waals surface area contributed by atoms with Crippen LogP contribution in [0.2, 0.25) is 0 Å². The van der Waals surface area contributed by atoms with Gasteiger partial charge in [-0.25, -0.2) is 0 Å². The summed E-state index contributed by atoms with van der Waals surface area (Å²) in [5, 5.41) is 20.1. The van der Waals surface area contributed by atoms with Gasteiger partial charge in [-0.15, -0.1) is 10.2 Å². The zero-order valence-corrected chi connectivity index (χ0v) is 14.5. The topological polar surface area (TPSA) is 88.2 Å². The highest BCUT2D eigenvalue weighted by Crippen LogP contribution is 2.29. The van der Waals surface area contributed by atoms with Crippen molar-refractivity contribution < 1.29 is 14.3 Å². The molecule has 2 N–H and O–H groups in total. The number of hydrogen-bond acceptors (Lipinski definition) is 5. The van der Waals surface area contributed by atoms with E-state index in [4.69, 9.17) is 4.42 Å². The molecule has 1 aromatic carbocycles. The van der Waals surface area contributed by atoms with Crippen LogP contribution < -0.4 is 5.32 Å². The molecule has 0 fully saturated rings. The Hall–Kier alpha value is -2.21. The second-order valence-corrected chi connectivity index (χ2v) is 6.07. The molecule has 0 atom stereocenters. The van der Waals surface area contributed by atoms with E-state index in [1.165, 1.54) is 0 Å². The first-order valence-electron chi connectivity index (χ1n) is 8.33. The molecule has 6 heteroatoms. The van der Waals surface area contributed by atoms with Crippen molar-refractivity contribution in [3.05, 3.63) is 35.7 Å². The van der Waals surface area contributed by atoms with Crippen LogP contribution in [0.25, 0.3) is 11.5 Å². The highest BCUT2D eigenvalue weighted by molar-refractivity contribution is 5.95. The van der Waals surface area contributed by atoms with E-state index in [-0.39, 0.29) is 17.9 Å². The zero-order chi connectivity index (χ0) is 17.6. The van der Waals surface area contributed by atoms with Gasteiger partial charge in [-0.05, 0) is 42.9 Å². The van der Waals surface area contributed by atoms with E-state index in [1.807, 2.05) is 6.07 Å². The summed E-state index contributed by atoms with van der Waals surface area (Å²) in [6.07, 6.45) is 2.50. The van der Waals surface area contributed by atoms with Crippen LogP contribution in [0.3, 0.4) is 0 Å². The first-order valence-corrected chi connectivity index (χ1v) is 8.33. The molecule has 6 nitrogen and oxygen atoms in total. The van der Waals surface area contributed by atoms with Crippen LogP contribution in [-0.4, -0.2) is 34.4 Å². The molecule has 0 aliphatic rings. The largest absolute Gasteiger partial charge is 0.421 e. The second kappa shape index (κ2) is 8.06. The average molecular weight is 331 g/mol. The minimum Gasteiger partial charge on any atom is -0.421 e. The van der Waals surface area contributed by atoms with Crippen molar-refractivity contribution in [3.8, 4) is 11.5 Å². The van der Waals surface area contributed by atoms with Gasteiger partial charge in [0.2, 0.25) is 11.8 Å². The van der Waals surface area contributed by atoms with Crippen molar-refractivity contribution in [2.24, 2.45) is 5.41 Å². The second-order valence-electron chi connectivity index (χ2n) is 6.07. The molecule has 2 aromatic rings. The third kappa shape index (κ3) is 4.20. The van der Waals surface area contributed by atoms with Crippen molar-refractivity contribution >= 4 is 5.91 Å². The maximum atomic E-state index is 12.5. The lowest BCUT2D eigenvalue weighted by molar-refractivity contribution is 0.0907. The Kier molecular flexibility index (Phi) is 6.09. The fraction of sp³-hybridized carbons (Fsp3) is 0.500. The summed E-state index contributed by atoms with van der Waals surface area (Å²) in [6, 6.07) is 7.13. The van der Waals surface area contributed by atoms with Crippen molar-refractivity contribution in [2.45, 2.75) is 40.0 Å². The highest BCUT2D eigenvalue weighted by Gasteiger charge is 2.26. The standard InChI is InChI=1S/C18H25N3O3/c1-4-18(5-2,9-10-22)12-19-16(23)14-7-6-8-15(11-14)17-21-20-13(3)24-17/h6-8,11,22H,4-5,9-10,12H2,1-3H3,(H,19,23). The predicted octanol–water partition coefficient (Wildman–Crippen LogP) is 2.96. The van der Waals surface area contributed by atoms with Gasteiger partial charge in [0.15, 0.2) is 0 Å². The molecule has 0 spiro atoms. The fourth-order valence-corrected chi connectivity index (χ4v) is 2.76. The smallest absolute Gasteiger partial charge is 0.251 e. The third-order valence-electron chi connectivity index (χ3n) is 4.66. The molecular formula is C18H25N3O3. The number of benzene rings is 1. The van der Waals surface area contributed by atoms with Crippen LogP contribution in [0, 0.1) is 12.3 Å². The number of rotatable bonds is 8. The summed E-state index contributed by atoms with van der Waals surface area (Å²) in [5.41, 5.74) is 1.20. The number of hydrogen-bond donors (Lipinski definition) is 2. The molecule has 0 aliphatic carbocycles. The lowest BCUT2D eigenvalue weighted by Crippen LogP contribution is -2.37. The molecule has 130 valence electrons. The van der Waals surface area contributed by atoms with Gasteiger partial charge in [0.1, 0.15) is 0 Å². The molecule has 1 aromatic heterocycles. The minimum absolute atomic E-state index is 0.0639. The number of nitrogens with zero attached hydrogens (tertiary/aromatic N) is 2. The van der Waals surface area contributed by atoms with E-state index < -0.39 is 0 Å². The Labute approximate surface area is 142 Å². The molecule has 1 amide bonds. The number of nitrogens with one attached hydrogen (secondary N) is 1. The van der Waals surface area contributed by atoms with E-state index in [9.17, 15) is 9.90 Å². The van der Waals surface area contributed by atoms with Gasteiger partial charge in [0, 0.05) is 31.2 Å². The van der Waals surface area contributed by atoms with Gasteiger partial charge in [0.05, 0.1) is 0 Å². The van der Waals surface area contributed by atoms with Crippen LogP contribution in [0.15, 0.2) is 28.7 Å². The molecule has 24 heavy (non-hydrogen) atoms. The maximum absolute atomic E-state index is 12.5. The Morgan fingerprint density at radius 2 is 2.04 bits per heavy atom. The first-order chi connectivity index (χ1) is 11.5. The fourth-order valence-electron chi connectivity index (χ4n) is 2.76. The highest BCUT2D eigenvalue weighted by atomic mass is 16.4. The molecule has 1 heterocycles. The number of aliphatic hydroxyl groups excluding tert-OH is 1. The van der Waals surface area contributed by atoms with Crippen molar-refractivity contribution in [2.75, 3.05) is 13.2 Å². The van der Waals surface area contributed by atoms with Gasteiger partial charge >= 0.3 is 0 Å². The van der Waals surface area contributed by atoms with Gasteiger partial charge in [-0.3, -0.25) is 4.79 Å². The summed E-state index contributed by atoms with van der Waals surface area (Å²) in [5.74, 6) is 0.746. The summed E-state index contributed by atoms with van der Waals surface area (Å²) in [4.78, 5) is 12.5. The summed E-state index contributed by atoms with van der Waals surface area (Å²) in [7, 11) is 0. The van der Waals surface area contributed by atoms with E-state index >= 15 is 0 Å². The van der Waals surface area contributed by atoms with E-state index in [0.717, 1.165) is 18.4 Å². The van der Waals surface area contributed by atoms with Gasteiger partial charge in [-0.1, -0.05) is 19.9 Å². The summed E-state index contributed by atoms with van der Waals surface area (Å²) < 4.78 is 5.40. The van der Waals surface area contributed by atoms with Gasteiger partial charge in [0.25, 0.3) is 5.91 Å². The molecule has 0 radical (unpaired) electrons. The SMILES string of the molecule is CCC(CC)(CCO)CNC(=O)c1cccc(-c2nnc(C)o2)c1. The van der Waals surface area contributed by atoms with E-state index in [2.05, 4.69) is 29.4 Å². The monoisotopic (exact) mass is 331 g/mol. The predicted molar refractivity (Wildman–Crippen MR) is 91.5 cm³/mol. The van der Waals surface area contributed by atoms with Crippen LogP contribution in [-0.2, 0) is 0 Å². The van der Waals surface area contributed by atoms with Crippen LogP contribution in [0.4, 0.5) is 0 Å². The molecule has 2 rings (SSSR count). The number of aromatic nitrogens is 2. The van der Waals surface area contributed by atoms with Crippen molar-refractivity contribution in [1.82, 2.24) is 15.5 Å². The zero-order valence-electron chi connectivity index (χ0n) is 14.5. The lowest BCUT2D eigenvalue weighted by Gasteiger charge is -2.31. The van der Waals surface area contributed by atoms with Crippen LogP contribution in [0.5, 0.6) is 0 Å². The maximum Gasteiger partial charge on any atom is 0.251 e. The van der Waals surface area contributed by atoms with Crippen LogP contribution >= 0.6 is 0 Å². The number of aryl methyl sites for hydroxylation is 1. The number of aliphatic hydroxyl groups is 1. The van der Waals surface area contributed by atoms with E-state index in [0.29, 0.717) is 30.3 Å². The number of carbonyl (C=O) groups excluding carboxylic acids is 1. The molecule has 0 saturated heterocycles. The quantitative estimate of drug-likeness (QED) is 0.776. The Bertz CT molecular complexity index is 678. The molecule has 0 aliphatic heterocycles. The molecular weight excluding hydrogens is 306 g/mol. The molecule has 0 bridgehead atoms. The number of amides is 1. The first kappa shape index (κ1) is 18.1. The Morgan fingerprint density at radius 3 is 2.62 bits per heavy atom. The van der Waals surface area contributed by atoms with Crippen molar-refractivity contribution in [3.63, 3.8) is 0 Å². The van der Waals surface area contributed by atoms with Crippen molar-refractivity contribution in [1.29, 1.82) is 0 Å². The Balaban J connectivity index is 2.10. The molecule has 0 saturated carbocycles. The van der Waals surface area contributed by atoms with Gasteiger partial charge < -0.3 is 14.8 Å². The normalized spacial score (nSPS) is 11.5. The summed E-state index contributed by atoms with van der Waals surface area (Å²) >= 11 is 0. The third-order valence-corrected chi connectivity index (χ3v) is 4.66. The Morgan fingerprint density at radius 1 is 1.29 bits per heavy atom. The lowest BCUT2D eigenvalue weighted by atomic mass is 9.79. The summed E-state index contributed by atoms with van der Waals surface area (Å²) in [6.45, 7) is 6.57.